The highest BCUT2D eigenvalue weighted by atomic mass is 16.3. The zero-order valence-electron chi connectivity index (χ0n) is 15.6. The van der Waals surface area contributed by atoms with Crippen molar-refractivity contribution in [3.8, 4) is 0 Å². The van der Waals surface area contributed by atoms with Crippen molar-refractivity contribution in [1.29, 1.82) is 0 Å². The first-order chi connectivity index (χ1) is 13.0. The maximum absolute atomic E-state index is 13.0. The van der Waals surface area contributed by atoms with Crippen LogP contribution in [0.2, 0.25) is 0 Å². The fourth-order valence-corrected chi connectivity index (χ4v) is 4.03. The third kappa shape index (κ3) is 2.93. The number of nitrogens with zero attached hydrogens (tertiary/aromatic N) is 4. The van der Waals surface area contributed by atoms with Gasteiger partial charge in [-0.25, -0.2) is 4.68 Å². The third-order valence-corrected chi connectivity index (χ3v) is 5.39. The molecule has 1 atom stereocenters. The van der Waals surface area contributed by atoms with Crippen LogP contribution in [0.1, 0.15) is 25.5 Å². The van der Waals surface area contributed by atoms with Crippen molar-refractivity contribution in [3.63, 3.8) is 0 Å². The highest BCUT2D eigenvalue weighted by molar-refractivity contribution is 6.04. The molecule has 0 bridgehead atoms. The minimum Gasteiger partial charge on any atom is -0.459 e. The normalized spacial score (nSPS) is 17.9. The van der Waals surface area contributed by atoms with Crippen LogP contribution >= 0.6 is 0 Å². The van der Waals surface area contributed by atoms with Crippen molar-refractivity contribution >= 4 is 27.9 Å². The third-order valence-electron chi connectivity index (χ3n) is 5.39. The van der Waals surface area contributed by atoms with Gasteiger partial charge in [0.15, 0.2) is 5.58 Å². The summed E-state index contributed by atoms with van der Waals surface area (Å²) < 4.78 is 8.89. The van der Waals surface area contributed by atoms with Crippen LogP contribution in [0.15, 0.2) is 21.5 Å². The number of aromatic nitrogens is 3. The highest BCUT2D eigenvalue weighted by Gasteiger charge is 2.25. The van der Waals surface area contributed by atoms with Crippen LogP contribution < -0.4 is 5.56 Å². The topological polar surface area (TPSA) is 93.5 Å². The highest BCUT2D eigenvalue weighted by Crippen LogP contribution is 2.29. The number of carbonyl (C=O) groups is 1. The molecule has 0 spiro atoms. The van der Waals surface area contributed by atoms with Gasteiger partial charge in [0.1, 0.15) is 17.8 Å². The maximum atomic E-state index is 13.0. The molecule has 1 N–H and O–H groups in total. The monoisotopic (exact) mass is 372 g/mol. The van der Waals surface area contributed by atoms with Gasteiger partial charge in [-0.1, -0.05) is 0 Å². The van der Waals surface area contributed by atoms with Crippen LogP contribution in [0.4, 0.5) is 0 Å². The predicted octanol–water partition coefficient (Wildman–Crippen LogP) is 1.50. The number of carbonyl (C=O) groups excluding carboxylic acids is 1. The molecule has 3 aromatic heterocycles. The van der Waals surface area contributed by atoms with E-state index in [4.69, 9.17) is 4.42 Å². The van der Waals surface area contributed by atoms with Gasteiger partial charge in [0.2, 0.25) is 5.91 Å². The molecule has 0 unspecified atom stereocenters. The average Bonchev–Trinajstić information content (AvgIpc) is 3.19. The van der Waals surface area contributed by atoms with Gasteiger partial charge in [0.05, 0.1) is 17.1 Å². The molecule has 144 valence electrons. The lowest BCUT2D eigenvalue weighted by atomic mass is 9.99. The van der Waals surface area contributed by atoms with Crippen molar-refractivity contribution in [3.05, 3.63) is 28.4 Å². The van der Waals surface area contributed by atoms with Crippen molar-refractivity contribution in [2.45, 2.75) is 39.8 Å². The van der Waals surface area contributed by atoms with Crippen LogP contribution in [0, 0.1) is 12.8 Å². The molecule has 8 nitrogen and oxygen atoms in total. The molecule has 1 aliphatic rings. The smallest absolute Gasteiger partial charge is 0.291 e. The number of aliphatic hydroxyl groups is 1. The van der Waals surface area contributed by atoms with E-state index < -0.39 is 0 Å². The van der Waals surface area contributed by atoms with E-state index >= 15 is 0 Å². The second-order valence-corrected chi connectivity index (χ2v) is 7.22. The summed E-state index contributed by atoms with van der Waals surface area (Å²) in [7, 11) is 0. The van der Waals surface area contributed by atoms with E-state index in [1.807, 2.05) is 24.5 Å². The molecule has 0 aliphatic carbocycles. The lowest BCUT2D eigenvalue weighted by molar-refractivity contribution is -0.134. The second kappa shape index (κ2) is 6.84. The molecular weight excluding hydrogens is 348 g/mol. The molecule has 1 saturated heterocycles. The maximum Gasteiger partial charge on any atom is 0.291 e. The zero-order chi connectivity index (χ0) is 19.1. The largest absolute Gasteiger partial charge is 0.459 e. The summed E-state index contributed by atoms with van der Waals surface area (Å²) in [6.07, 6.45) is 3.40. The first-order valence-corrected chi connectivity index (χ1v) is 9.40. The Morgan fingerprint density at radius 2 is 2.26 bits per heavy atom. The van der Waals surface area contributed by atoms with Gasteiger partial charge in [-0.05, 0) is 32.6 Å². The summed E-state index contributed by atoms with van der Waals surface area (Å²) in [6, 6.07) is 1.91. The Hall–Kier alpha value is -2.61. The SMILES string of the molecule is CCn1c2cc(C)oc2c2cnn(CC(=O)N3CCC[C@H](CO)C3)c(=O)c21. The molecule has 0 aromatic carbocycles. The Bertz CT molecular complexity index is 1060. The van der Waals surface area contributed by atoms with Gasteiger partial charge in [-0.3, -0.25) is 9.59 Å². The number of hydrogen-bond acceptors (Lipinski definition) is 5. The molecule has 1 amide bonds. The van der Waals surface area contributed by atoms with E-state index in [0.717, 1.165) is 24.1 Å². The van der Waals surface area contributed by atoms with Crippen molar-refractivity contribution in [1.82, 2.24) is 19.2 Å². The number of rotatable bonds is 4. The molecule has 0 radical (unpaired) electrons. The van der Waals surface area contributed by atoms with E-state index in [1.165, 1.54) is 4.68 Å². The van der Waals surface area contributed by atoms with Crippen molar-refractivity contribution in [2.75, 3.05) is 19.7 Å². The number of amides is 1. The van der Waals surface area contributed by atoms with Gasteiger partial charge in [0.25, 0.3) is 5.56 Å². The van der Waals surface area contributed by atoms with Gasteiger partial charge in [-0.15, -0.1) is 0 Å². The Morgan fingerprint density at radius 3 is 3.00 bits per heavy atom. The summed E-state index contributed by atoms with van der Waals surface area (Å²) >= 11 is 0. The van der Waals surface area contributed by atoms with Gasteiger partial charge in [-0.2, -0.15) is 5.10 Å². The fourth-order valence-electron chi connectivity index (χ4n) is 4.03. The van der Waals surface area contributed by atoms with Crippen LogP contribution in [0.25, 0.3) is 22.0 Å². The summed E-state index contributed by atoms with van der Waals surface area (Å²) in [4.78, 5) is 27.4. The van der Waals surface area contributed by atoms with E-state index in [-0.39, 0.29) is 30.5 Å². The molecule has 4 rings (SSSR count). The summed E-state index contributed by atoms with van der Waals surface area (Å²) in [5.41, 5.74) is 1.76. The Labute approximate surface area is 156 Å². The van der Waals surface area contributed by atoms with Crippen LogP contribution in [0.3, 0.4) is 0 Å². The first kappa shape index (κ1) is 17.8. The lowest BCUT2D eigenvalue weighted by Gasteiger charge is -2.31. The van der Waals surface area contributed by atoms with Crippen molar-refractivity contribution < 1.29 is 14.3 Å². The van der Waals surface area contributed by atoms with E-state index in [1.54, 1.807) is 11.1 Å². The number of piperidine rings is 1. The Morgan fingerprint density at radius 1 is 1.44 bits per heavy atom. The van der Waals surface area contributed by atoms with Gasteiger partial charge in [0, 0.05) is 32.3 Å². The van der Waals surface area contributed by atoms with E-state index in [0.29, 0.717) is 36.1 Å². The first-order valence-electron chi connectivity index (χ1n) is 9.40. The fraction of sp³-hybridized carbons (Fsp3) is 0.526. The predicted molar refractivity (Wildman–Crippen MR) is 101 cm³/mol. The van der Waals surface area contributed by atoms with E-state index in [2.05, 4.69) is 5.10 Å². The van der Waals surface area contributed by atoms with Crippen LogP contribution in [-0.4, -0.2) is 50.0 Å². The van der Waals surface area contributed by atoms with Crippen LogP contribution in [0.5, 0.6) is 0 Å². The molecule has 0 saturated carbocycles. The summed E-state index contributed by atoms with van der Waals surface area (Å²) in [5.74, 6) is 0.755. The molecule has 1 aliphatic heterocycles. The van der Waals surface area contributed by atoms with E-state index in [9.17, 15) is 14.7 Å². The molecular formula is C19H24N4O4. The zero-order valence-corrected chi connectivity index (χ0v) is 15.6. The number of aliphatic hydroxyl groups excluding tert-OH is 1. The Balaban J connectivity index is 1.70. The standard InChI is InChI=1S/C19H24N4O4/c1-3-22-15-7-12(2)27-18(15)14-8-20-23(19(26)17(14)22)10-16(25)21-6-4-5-13(9-21)11-24/h7-8,13,24H,3-6,9-11H2,1-2H3/t13-/m0/s1. The minimum atomic E-state index is -0.289. The molecule has 8 heteroatoms. The Kier molecular flexibility index (Phi) is 4.51. The molecule has 27 heavy (non-hydrogen) atoms. The molecule has 3 aromatic rings. The van der Waals surface area contributed by atoms with Crippen molar-refractivity contribution in [2.24, 2.45) is 5.92 Å². The number of furan rings is 1. The van der Waals surface area contributed by atoms with Gasteiger partial charge >= 0.3 is 0 Å². The number of fused-ring (bicyclic) bond motifs is 3. The minimum absolute atomic E-state index is 0.0798. The quantitative estimate of drug-likeness (QED) is 0.749. The van der Waals surface area contributed by atoms with Crippen LogP contribution in [-0.2, 0) is 17.9 Å². The summed E-state index contributed by atoms with van der Waals surface area (Å²) in [6.45, 7) is 5.64. The number of likely N-dealkylation sites (tertiary alicyclic amines) is 1. The number of hydrogen-bond donors (Lipinski definition) is 1. The molecule has 4 heterocycles. The molecule has 1 fully saturated rings. The number of aryl methyl sites for hydroxylation is 2. The lowest BCUT2D eigenvalue weighted by Crippen LogP contribution is -2.44. The summed E-state index contributed by atoms with van der Waals surface area (Å²) in [5, 5.41) is 14.2. The second-order valence-electron chi connectivity index (χ2n) is 7.22. The average molecular weight is 372 g/mol. The van der Waals surface area contributed by atoms with Gasteiger partial charge < -0.3 is 19.0 Å².